The quantitative estimate of drug-likeness (QED) is 0.0905. The Labute approximate surface area is 295 Å². The van der Waals surface area contributed by atoms with E-state index in [0.29, 0.717) is 11.5 Å². The average molecular weight is 665 g/mol. The summed E-state index contributed by atoms with van der Waals surface area (Å²) in [6, 6.07) is 38.0. The van der Waals surface area contributed by atoms with Crippen LogP contribution >= 0.6 is 0 Å². The third kappa shape index (κ3) is 7.52. The number of fused-ring (bicyclic) bond motifs is 2. The van der Waals surface area contributed by atoms with Crippen LogP contribution in [0.5, 0.6) is 11.5 Å². The maximum absolute atomic E-state index is 6.62. The van der Waals surface area contributed by atoms with Gasteiger partial charge in [-0.2, -0.15) is 0 Å². The fourth-order valence-corrected chi connectivity index (χ4v) is 6.12. The van der Waals surface area contributed by atoms with E-state index >= 15 is 0 Å². The molecule has 6 aromatic rings. The Kier molecular flexibility index (Phi) is 10.8. The number of benzene rings is 6. The van der Waals surface area contributed by atoms with Gasteiger partial charge in [-0.05, 0) is 69.1 Å². The van der Waals surface area contributed by atoms with Crippen molar-refractivity contribution in [2.45, 2.75) is 0 Å². The summed E-state index contributed by atoms with van der Waals surface area (Å²) in [6.45, 7) is 0.140. The molecule has 0 aromatic heterocycles. The summed E-state index contributed by atoms with van der Waals surface area (Å²) in [6.07, 6.45) is 8.46. The van der Waals surface area contributed by atoms with Crippen LogP contribution < -0.4 is 19.3 Å². The molecule has 0 unspecified atom stereocenters. The molecule has 0 atom stereocenters. The topological polar surface area (TPSA) is 43.4 Å². The molecule has 0 aliphatic rings. The molecule has 0 N–H and O–H groups in total. The first-order valence-electron chi connectivity index (χ1n) is 16.6. The van der Waals surface area contributed by atoms with Gasteiger partial charge in [0.15, 0.2) is 13.6 Å². The molecule has 0 heterocycles. The molecule has 254 valence electrons. The number of rotatable bonds is 13. The molecular formula is C44H44N2O4. The molecular weight excluding hydrogens is 620 g/mol. The lowest BCUT2D eigenvalue weighted by atomic mass is 9.87. The highest BCUT2D eigenvalue weighted by Crippen LogP contribution is 2.50. The summed E-state index contributed by atoms with van der Waals surface area (Å²) in [7, 11) is 11.5. The first-order valence-corrected chi connectivity index (χ1v) is 16.6. The lowest BCUT2D eigenvalue weighted by molar-refractivity contribution is 0.0500. The van der Waals surface area contributed by atoms with Crippen LogP contribution in [0, 0.1) is 0 Å². The van der Waals surface area contributed by atoms with Gasteiger partial charge in [-0.3, -0.25) is 0 Å². The predicted octanol–water partition coefficient (Wildman–Crippen LogP) is 10.1. The van der Waals surface area contributed by atoms with Gasteiger partial charge in [-0.15, -0.1) is 0 Å². The lowest BCUT2D eigenvalue weighted by Crippen LogP contribution is -2.10. The van der Waals surface area contributed by atoms with Gasteiger partial charge in [0.1, 0.15) is 11.5 Å². The summed E-state index contributed by atoms with van der Waals surface area (Å²) in [5.74, 6) is 1.40. The highest BCUT2D eigenvalue weighted by molar-refractivity contribution is 6.13. The fourth-order valence-electron chi connectivity index (χ4n) is 6.12. The van der Waals surface area contributed by atoms with Crippen LogP contribution in [0.25, 0.3) is 57.0 Å². The van der Waals surface area contributed by atoms with Crippen LogP contribution in [0.2, 0.25) is 0 Å². The van der Waals surface area contributed by atoms with Gasteiger partial charge in [-0.25, -0.2) is 0 Å². The molecule has 6 rings (SSSR count). The van der Waals surface area contributed by atoms with Crippen LogP contribution in [0.3, 0.4) is 0 Å². The molecule has 0 aliphatic heterocycles. The average Bonchev–Trinajstić information content (AvgIpc) is 3.14. The molecule has 50 heavy (non-hydrogen) atoms. The zero-order valence-corrected chi connectivity index (χ0v) is 29.6. The summed E-state index contributed by atoms with van der Waals surface area (Å²) >= 11 is 0. The van der Waals surface area contributed by atoms with Crippen molar-refractivity contribution in [3.63, 3.8) is 0 Å². The Morgan fingerprint density at radius 3 is 1.24 bits per heavy atom. The van der Waals surface area contributed by atoms with Gasteiger partial charge in [0.25, 0.3) is 0 Å². The third-order valence-corrected chi connectivity index (χ3v) is 8.65. The molecule has 0 amide bonds. The number of anilines is 2. The van der Waals surface area contributed by atoms with Crippen molar-refractivity contribution < 1.29 is 18.9 Å². The second-order valence-corrected chi connectivity index (χ2v) is 12.5. The molecule has 0 saturated carbocycles. The number of ether oxygens (including phenoxy) is 4. The maximum Gasteiger partial charge on any atom is 0.188 e. The van der Waals surface area contributed by atoms with Gasteiger partial charge in [0.2, 0.25) is 0 Å². The van der Waals surface area contributed by atoms with E-state index in [1.807, 2.05) is 36.4 Å². The van der Waals surface area contributed by atoms with E-state index in [1.54, 1.807) is 14.2 Å². The number of nitrogens with zero attached hydrogens (tertiary/aromatic N) is 2. The fraction of sp³-hybridized carbons (Fsp3) is 0.182. The zero-order valence-electron chi connectivity index (χ0n) is 29.6. The zero-order chi connectivity index (χ0) is 35.0. The number of methoxy groups -OCH3 is 2. The van der Waals surface area contributed by atoms with Crippen LogP contribution in [0.4, 0.5) is 11.4 Å². The normalized spacial score (nSPS) is 11.6. The minimum absolute atomic E-state index is 0.0702. The van der Waals surface area contributed by atoms with Gasteiger partial charge in [0.05, 0.1) is 0 Å². The molecule has 6 aromatic carbocycles. The molecule has 0 saturated heterocycles. The summed E-state index contributed by atoms with van der Waals surface area (Å²) < 4.78 is 24.3. The Balaban J connectivity index is 1.77. The Bertz CT molecular complexity index is 1980. The first kappa shape index (κ1) is 34.3. The van der Waals surface area contributed by atoms with Crippen molar-refractivity contribution in [1.29, 1.82) is 0 Å². The van der Waals surface area contributed by atoms with Crippen molar-refractivity contribution in [2.24, 2.45) is 0 Å². The minimum Gasteiger partial charge on any atom is -0.466 e. The van der Waals surface area contributed by atoms with Gasteiger partial charge < -0.3 is 28.7 Å². The summed E-state index contributed by atoms with van der Waals surface area (Å²) in [5, 5.41) is 4.20. The van der Waals surface area contributed by atoms with Crippen molar-refractivity contribution in [3.05, 3.63) is 131 Å². The Morgan fingerprint density at radius 2 is 0.880 bits per heavy atom. The summed E-state index contributed by atoms with van der Waals surface area (Å²) in [4.78, 5) is 4.23. The van der Waals surface area contributed by atoms with Crippen LogP contribution in [0.15, 0.2) is 109 Å². The Hall–Kier alpha value is -5.56. The van der Waals surface area contributed by atoms with Crippen LogP contribution in [-0.4, -0.2) is 56.0 Å². The second-order valence-electron chi connectivity index (χ2n) is 12.5. The van der Waals surface area contributed by atoms with Gasteiger partial charge in [0, 0.05) is 76.0 Å². The molecule has 6 heteroatoms. The standard InChI is InChI=1S/C44H44N2O4/c1-45(2)37-23-21-33-25-35(19-17-31-13-9-7-10-14-31)43(49-29-47-5)41(39(33)27-37)42-40-28-38(46(3)4)24-22-34(40)26-36(44(42)50-30-48-6)20-18-32-15-11-8-12-16-32/h7-28H,29-30H2,1-6H3/b19-17+,20-18+. The monoisotopic (exact) mass is 664 g/mol. The number of hydrogen-bond donors (Lipinski definition) is 0. The molecule has 0 fully saturated rings. The molecule has 0 radical (unpaired) electrons. The van der Waals surface area contributed by atoms with E-state index in [2.05, 4.69) is 135 Å². The van der Waals surface area contributed by atoms with E-state index in [4.69, 9.17) is 18.9 Å². The van der Waals surface area contributed by atoms with E-state index in [9.17, 15) is 0 Å². The van der Waals surface area contributed by atoms with E-state index in [0.717, 1.165) is 66.3 Å². The van der Waals surface area contributed by atoms with E-state index < -0.39 is 0 Å². The van der Waals surface area contributed by atoms with Crippen molar-refractivity contribution in [3.8, 4) is 22.6 Å². The second kappa shape index (κ2) is 15.8. The van der Waals surface area contributed by atoms with E-state index in [1.165, 1.54) is 0 Å². The Morgan fingerprint density at radius 1 is 0.480 bits per heavy atom. The highest BCUT2D eigenvalue weighted by Gasteiger charge is 2.25. The van der Waals surface area contributed by atoms with Crippen LogP contribution in [-0.2, 0) is 9.47 Å². The van der Waals surface area contributed by atoms with Gasteiger partial charge >= 0.3 is 0 Å². The van der Waals surface area contributed by atoms with Crippen molar-refractivity contribution in [2.75, 3.05) is 65.8 Å². The minimum atomic E-state index is 0.0702. The third-order valence-electron chi connectivity index (χ3n) is 8.65. The molecule has 0 bridgehead atoms. The van der Waals surface area contributed by atoms with Gasteiger partial charge in [-0.1, -0.05) is 97.1 Å². The predicted molar refractivity (Wildman–Crippen MR) is 211 cm³/mol. The summed E-state index contributed by atoms with van der Waals surface area (Å²) in [5.41, 5.74) is 8.00. The SMILES string of the molecule is COCOc1c(/C=C/c2ccccc2)cc2ccc(N(C)C)cc2c1-c1c(OCOC)c(/C=C/c2ccccc2)cc2ccc(N(C)C)cc12. The molecule has 6 nitrogen and oxygen atoms in total. The first-order chi connectivity index (χ1) is 24.4. The van der Waals surface area contributed by atoms with Crippen molar-refractivity contribution in [1.82, 2.24) is 0 Å². The lowest BCUT2D eigenvalue weighted by Gasteiger charge is -2.24. The smallest absolute Gasteiger partial charge is 0.188 e. The maximum atomic E-state index is 6.62. The molecule has 0 spiro atoms. The highest BCUT2D eigenvalue weighted by atomic mass is 16.7. The van der Waals surface area contributed by atoms with Crippen molar-refractivity contribution >= 4 is 57.2 Å². The largest absolute Gasteiger partial charge is 0.466 e. The van der Waals surface area contributed by atoms with Crippen LogP contribution in [0.1, 0.15) is 22.3 Å². The molecule has 0 aliphatic carbocycles. The number of hydrogen-bond acceptors (Lipinski definition) is 6. The van der Waals surface area contributed by atoms with E-state index in [-0.39, 0.29) is 13.6 Å².